The molecule has 0 saturated heterocycles. The predicted octanol–water partition coefficient (Wildman–Crippen LogP) is 3.38. The lowest BCUT2D eigenvalue weighted by molar-refractivity contribution is -0.122. The molecule has 1 aromatic rings. The second kappa shape index (κ2) is 7.34. The summed E-state index contributed by atoms with van der Waals surface area (Å²) in [6.07, 6.45) is 1.97. The minimum absolute atomic E-state index is 0.0636. The highest BCUT2D eigenvalue weighted by Crippen LogP contribution is 2.37. The summed E-state index contributed by atoms with van der Waals surface area (Å²) < 4.78 is 0. The van der Waals surface area contributed by atoms with Crippen LogP contribution in [0.2, 0.25) is 5.02 Å². The quantitative estimate of drug-likeness (QED) is 0.875. The van der Waals surface area contributed by atoms with E-state index in [1.165, 1.54) is 10.5 Å². The van der Waals surface area contributed by atoms with Crippen molar-refractivity contribution in [3.8, 4) is 0 Å². The fourth-order valence-electron chi connectivity index (χ4n) is 2.32. The molecule has 0 fully saturated rings. The number of carbonyl (C=O) groups is 1. The molecule has 2 rings (SSSR count). The normalized spacial score (nSPS) is 19.2. The molecule has 1 heterocycles. The van der Waals surface area contributed by atoms with Crippen LogP contribution in [0.25, 0.3) is 0 Å². The van der Waals surface area contributed by atoms with Crippen molar-refractivity contribution < 1.29 is 4.79 Å². The van der Waals surface area contributed by atoms with E-state index in [2.05, 4.69) is 23.6 Å². The first-order valence-corrected chi connectivity index (χ1v) is 8.44. The monoisotopic (exact) mass is 312 g/mol. The van der Waals surface area contributed by atoms with Crippen LogP contribution in [0.1, 0.15) is 38.3 Å². The largest absolute Gasteiger partial charge is 0.355 e. The highest BCUT2D eigenvalue weighted by atomic mass is 35.5. The van der Waals surface area contributed by atoms with Crippen LogP contribution in [-0.4, -0.2) is 24.2 Å². The van der Waals surface area contributed by atoms with E-state index in [0.29, 0.717) is 0 Å². The molecule has 1 aliphatic heterocycles. The zero-order chi connectivity index (χ0) is 14.5. The lowest BCUT2D eigenvalue weighted by Crippen LogP contribution is -2.44. The number of nitrogens with one attached hydrogen (secondary N) is 2. The Kier molecular flexibility index (Phi) is 5.75. The molecule has 110 valence electrons. The van der Waals surface area contributed by atoms with Crippen LogP contribution in [0.15, 0.2) is 23.1 Å². The van der Waals surface area contributed by atoms with Gasteiger partial charge < -0.3 is 5.32 Å². The van der Waals surface area contributed by atoms with Gasteiger partial charge in [0.2, 0.25) is 5.91 Å². The minimum atomic E-state index is -0.193. The molecule has 2 N–H and O–H groups in total. The van der Waals surface area contributed by atoms with E-state index in [1.807, 2.05) is 30.8 Å². The maximum absolute atomic E-state index is 11.9. The highest BCUT2D eigenvalue weighted by molar-refractivity contribution is 7.99. The van der Waals surface area contributed by atoms with E-state index in [9.17, 15) is 4.79 Å². The molecular formula is C15H21ClN2OS. The van der Waals surface area contributed by atoms with Gasteiger partial charge in [-0.05, 0) is 49.3 Å². The SMILES string of the molecule is CCCNC(=O)C(C)NC1CCSc2ccc(Cl)cc21. The zero-order valence-corrected chi connectivity index (χ0v) is 13.5. The molecule has 1 amide bonds. The van der Waals surface area contributed by atoms with Gasteiger partial charge in [-0.1, -0.05) is 18.5 Å². The summed E-state index contributed by atoms with van der Waals surface area (Å²) in [4.78, 5) is 13.2. The molecule has 5 heteroatoms. The fraction of sp³-hybridized carbons (Fsp3) is 0.533. The Bertz CT molecular complexity index is 481. The molecule has 3 nitrogen and oxygen atoms in total. The predicted molar refractivity (Wildman–Crippen MR) is 85.4 cm³/mol. The Hall–Kier alpha value is -0.710. The first-order valence-electron chi connectivity index (χ1n) is 7.07. The summed E-state index contributed by atoms with van der Waals surface area (Å²) in [5.41, 5.74) is 1.21. The zero-order valence-electron chi connectivity index (χ0n) is 11.9. The third kappa shape index (κ3) is 3.90. The average Bonchev–Trinajstić information content (AvgIpc) is 2.45. The van der Waals surface area contributed by atoms with E-state index in [1.54, 1.807) is 0 Å². The van der Waals surface area contributed by atoms with Gasteiger partial charge in [-0.15, -0.1) is 11.8 Å². The van der Waals surface area contributed by atoms with Crippen molar-refractivity contribution in [3.05, 3.63) is 28.8 Å². The summed E-state index contributed by atoms with van der Waals surface area (Å²) in [5.74, 6) is 1.13. The van der Waals surface area contributed by atoms with Crippen LogP contribution in [-0.2, 0) is 4.79 Å². The van der Waals surface area contributed by atoms with Crippen LogP contribution in [0, 0.1) is 0 Å². The molecule has 1 aromatic carbocycles. The first-order chi connectivity index (χ1) is 9.61. The molecule has 0 aromatic heterocycles. The van der Waals surface area contributed by atoms with Gasteiger partial charge in [-0.3, -0.25) is 10.1 Å². The first kappa shape index (κ1) is 15.7. The topological polar surface area (TPSA) is 41.1 Å². The van der Waals surface area contributed by atoms with Crippen LogP contribution in [0.4, 0.5) is 0 Å². The Balaban J connectivity index is 2.04. The van der Waals surface area contributed by atoms with Gasteiger partial charge in [-0.25, -0.2) is 0 Å². The van der Waals surface area contributed by atoms with Gasteiger partial charge in [-0.2, -0.15) is 0 Å². The van der Waals surface area contributed by atoms with Crippen molar-refractivity contribution in [1.29, 1.82) is 0 Å². The number of benzene rings is 1. The second-order valence-corrected chi connectivity index (χ2v) is 6.62. The molecule has 0 aliphatic carbocycles. The number of fused-ring (bicyclic) bond motifs is 1. The van der Waals surface area contributed by atoms with E-state index >= 15 is 0 Å². The second-order valence-electron chi connectivity index (χ2n) is 5.05. The molecule has 0 saturated carbocycles. The maximum atomic E-state index is 11.9. The van der Waals surface area contributed by atoms with Crippen LogP contribution in [0.5, 0.6) is 0 Å². The Labute approximate surface area is 129 Å². The lowest BCUT2D eigenvalue weighted by Gasteiger charge is -2.28. The number of thioether (sulfide) groups is 1. The van der Waals surface area contributed by atoms with Gasteiger partial charge >= 0.3 is 0 Å². The van der Waals surface area contributed by atoms with Gasteiger partial charge in [0.15, 0.2) is 0 Å². The van der Waals surface area contributed by atoms with Gasteiger partial charge in [0, 0.05) is 22.5 Å². The Morgan fingerprint density at radius 1 is 1.55 bits per heavy atom. The Morgan fingerprint density at radius 3 is 3.10 bits per heavy atom. The van der Waals surface area contributed by atoms with Crippen molar-refractivity contribution in [2.45, 2.75) is 43.7 Å². The number of hydrogen-bond acceptors (Lipinski definition) is 3. The fourth-order valence-corrected chi connectivity index (χ4v) is 3.60. The van der Waals surface area contributed by atoms with Crippen LogP contribution in [0.3, 0.4) is 0 Å². The summed E-state index contributed by atoms with van der Waals surface area (Å²) in [5, 5.41) is 7.10. The number of halogens is 1. The van der Waals surface area contributed by atoms with Crippen molar-refractivity contribution in [1.82, 2.24) is 10.6 Å². The third-order valence-corrected chi connectivity index (χ3v) is 4.76. The summed E-state index contributed by atoms with van der Waals surface area (Å²) in [6.45, 7) is 4.69. The number of amides is 1. The van der Waals surface area contributed by atoms with Crippen LogP contribution >= 0.6 is 23.4 Å². The molecule has 0 spiro atoms. The van der Waals surface area contributed by atoms with Gasteiger partial charge in [0.25, 0.3) is 0 Å². The summed E-state index contributed by atoms with van der Waals surface area (Å²) >= 11 is 7.94. The van der Waals surface area contributed by atoms with E-state index in [-0.39, 0.29) is 18.0 Å². The molecule has 2 atom stereocenters. The summed E-state index contributed by atoms with van der Waals surface area (Å²) in [6, 6.07) is 6.01. The molecule has 1 aliphatic rings. The van der Waals surface area contributed by atoms with Gasteiger partial charge in [0.05, 0.1) is 6.04 Å². The van der Waals surface area contributed by atoms with Crippen molar-refractivity contribution in [3.63, 3.8) is 0 Å². The lowest BCUT2D eigenvalue weighted by atomic mass is 10.0. The van der Waals surface area contributed by atoms with Crippen molar-refractivity contribution >= 4 is 29.3 Å². The third-order valence-electron chi connectivity index (χ3n) is 3.41. The molecule has 0 radical (unpaired) electrons. The van der Waals surface area contributed by atoms with E-state index in [0.717, 1.165) is 30.2 Å². The summed E-state index contributed by atoms with van der Waals surface area (Å²) in [7, 11) is 0. The molecule has 0 bridgehead atoms. The van der Waals surface area contributed by atoms with E-state index < -0.39 is 0 Å². The van der Waals surface area contributed by atoms with Crippen molar-refractivity contribution in [2.75, 3.05) is 12.3 Å². The van der Waals surface area contributed by atoms with Crippen LogP contribution < -0.4 is 10.6 Å². The number of hydrogen-bond donors (Lipinski definition) is 2. The maximum Gasteiger partial charge on any atom is 0.236 e. The molecule has 2 unspecified atom stereocenters. The van der Waals surface area contributed by atoms with Gasteiger partial charge in [0.1, 0.15) is 0 Å². The number of carbonyl (C=O) groups excluding carboxylic acids is 1. The highest BCUT2D eigenvalue weighted by Gasteiger charge is 2.24. The number of rotatable bonds is 5. The molecule has 20 heavy (non-hydrogen) atoms. The standard InChI is InChI=1S/C15H21ClN2OS/c1-3-7-17-15(19)10(2)18-13-6-8-20-14-5-4-11(16)9-12(13)14/h4-5,9-10,13,18H,3,6-8H2,1-2H3,(H,17,19). The average molecular weight is 313 g/mol. The minimum Gasteiger partial charge on any atom is -0.355 e. The molecular weight excluding hydrogens is 292 g/mol. The van der Waals surface area contributed by atoms with E-state index in [4.69, 9.17) is 11.6 Å². The smallest absolute Gasteiger partial charge is 0.236 e. The Morgan fingerprint density at radius 2 is 2.35 bits per heavy atom. The van der Waals surface area contributed by atoms with Crippen molar-refractivity contribution in [2.24, 2.45) is 0 Å².